The number of pyridine rings is 3. The summed E-state index contributed by atoms with van der Waals surface area (Å²) in [6.45, 7) is 0. The molecule has 0 atom stereocenters. The SMILES string of the molecule is c1ccc(-n2c3ccc(-c4cc5c6ccccc6n6c7ccccc7c(c4)c56)cc3c3cc(-c4cc(-c5ccncc5)cc(-c5ccncc5)n4)ccc32)cc1. The van der Waals surface area contributed by atoms with Gasteiger partial charge in [0.2, 0.25) is 0 Å². The highest BCUT2D eigenvalue weighted by Crippen LogP contribution is 2.43. The van der Waals surface area contributed by atoms with E-state index in [1.807, 2.05) is 49.1 Å². The van der Waals surface area contributed by atoms with Gasteiger partial charge in [-0.15, -0.1) is 0 Å². The van der Waals surface area contributed by atoms with Crippen molar-refractivity contribution in [3.63, 3.8) is 0 Å². The van der Waals surface area contributed by atoms with Crippen molar-refractivity contribution in [3.05, 3.63) is 189 Å². The highest BCUT2D eigenvalue weighted by molar-refractivity contribution is 6.24. The molecule has 0 saturated carbocycles. The first-order chi connectivity index (χ1) is 27.8. The zero-order valence-corrected chi connectivity index (χ0v) is 30.1. The van der Waals surface area contributed by atoms with Crippen molar-refractivity contribution in [2.24, 2.45) is 0 Å². The maximum absolute atomic E-state index is 5.26. The van der Waals surface area contributed by atoms with E-state index in [0.29, 0.717) is 0 Å². The summed E-state index contributed by atoms with van der Waals surface area (Å²) < 4.78 is 4.82. The molecule has 0 aliphatic carbocycles. The predicted octanol–water partition coefficient (Wildman–Crippen LogP) is 12.8. The van der Waals surface area contributed by atoms with Crippen molar-refractivity contribution in [2.45, 2.75) is 0 Å². The van der Waals surface area contributed by atoms with Gasteiger partial charge >= 0.3 is 0 Å². The van der Waals surface area contributed by atoms with Crippen molar-refractivity contribution in [1.29, 1.82) is 0 Å². The second-order valence-electron chi connectivity index (χ2n) is 14.5. The highest BCUT2D eigenvalue weighted by atomic mass is 15.0. The van der Waals surface area contributed by atoms with Crippen LogP contribution >= 0.6 is 0 Å². The van der Waals surface area contributed by atoms with Crippen LogP contribution in [0.15, 0.2) is 189 Å². The lowest BCUT2D eigenvalue weighted by Gasteiger charge is -2.11. The first-order valence-electron chi connectivity index (χ1n) is 18.9. The average molecular weight is 714 g/mol. The first kappa shape index (κ1) is 30.8. The number of aromatic nitrogens is 5. The number of para-hydroxylation sites is 3. The summed E-state index contributed by atoms with van der Waals surface area (Å²) >= 11 is 0. The summed E-state index contributed by atoms with van der Waals surface area (Å²) in [6, 6.07) is 59.2. The Bertz CT molecular complexity index is 3310. The van der Waals surface area contributed by atoms with E-state index in [9.17, 15) is 0 Å². The van der Waals surface area contributed by atoms with Gasteiger partial charge in [0.25, 0.3) is 0 Å². The fraction of sp³-hybridized carbons (Fsp3) is 0. The maximum Gasteiger partial charge on any atom is 0.0716 e. The van der Waals surface area contributed by atoms with Crippen molar-refractivity contribution in [2.75, 3.05) is 0 Å². The van der Waals surface area contributed by atoms with E-state index in [4.69, 9.17) is 4.98 Å². The molecule has 6 aromatic carbocycles. The monoisotopic (exact) mass is 713 g/mol. The van der Waals surface area contributed by atoms with Crippen LogP contribution in [0, 0.1) is 0 Å². The molecule has 0 radical (unpaired) electrons. The smallest absolute Gasteiger partial charge is 0.0716 e. The van der Waals surface area contributed by atoms with Gasteiger partial charge < -0.3 is 8.97 Å². The molecule has 12 rings (SSSR count). The summed E-state index contributed by atoms with van der Waals surface area (Å²) in [4.78, 5) is 13.8. The Hall–Kier alpha value is -7.63. The van der Waals surface area contributed by atoms with E-state index in [1.165, 1.54) is 60.0 Å². The molecular formula is C51H31N5. The van der Waals surface area contributed by atoms with Crippen LogP contribution in [0.2, 0.25) is 0 Å². The topological polar surface area (TPSA) is 48.0 Å². The maximum atomic E-state index is 5.26. The molecule has 0 aliphatic rings. The lowest BCUT2D eigenvalue weighted by atomic mass is 9.97. The lowest BCUT2D eigenvalue weighted by Crippen LogP contribution is -1.94. The molecule has 0 amide bonds. The summed E-state index contributed by atoms with van der Waals surface area (Å²) in [6.07, 6.45) is 7.32. The van der Waals surface area contributed by atoms with E-state index in [1.54, 1.807) is 0 Å². The van der Waals surface area contributed by atoms with Gasteiger partial charge in [0.05, 0.1) is 39.0 Å². The second-order valence-corrected chi connectivity index (χ2v) is 14.5. The third-order valence-electron chi connectivity index (χ3n) is 11.4. The number of hydrogen-bond acceptors (Lipinski definition) is 3. The van der Waals surface area contributed by atoms with E-state index in [0.717, 1.165) is 50.4 Å². The van der Waals surface area contributed by atoms with Gasteiger partial charge in [-0.1, -0.05) is 66.7 Å². The number of fused-ring (bicyclic) bond motifs is 9. The van der Waals surface area contributed by atoms with Gasteiger partial charge in [0, 0.05) is 73.9 Å². The Morgan fingerprint density at radius 3 is 1.46 bits per heavy atom. The predicted molar refractivity (Wildman–Crippen MR) is 231 cm³/mol. The molecule has 0 spiro atoms. The van der Waals surface area contributed by atoms with Gasteiger partial charge in [-0.3, -0.25) is 9.97 Å². The first-order valence-corrected chi connectivity index (χ1v) is 18.9. The third-order valence-corrected chi connectivity index (χ3v) is 11.4. The van der Waals surface area contributed by atoms with E-state index < -0.39 is 0 Å². The number of nitrogens with zero attached hydrogens (tertiary/aromatic N) is 5. The Labute approximate surface area is 321 Å². The van der Waals surface area contributed by atoms with Crippen LogP contribution in [-0.2, 0) is 0 Å². The quantitative estimate of drug-likeness (QED) is 0.178. The summed E-state index contributed by atoms with van der Waals surface area (Å²) in [5.74, 6) is 0. The van der Waals surface area contributed by atoms with Gasteiger partial charge in [0.1, 0.15) is 0 Å². The van der Waals surface area contributed by atoms with E-state index in [-0.39, 0.29) is 0 Å². The minimum atomic E-state index is 0.900. The van der Waals surface area contributed by atoms with Crippen LogP contribution in [0.3, 0.4) is 0 Å². The molecule has 0 aliphatic heterocycles. The molecule has 56 heavy (non-hydrogen) atoms. The molecule has 5 heteroatoms. The fourth-order valence-corrected chi connectivity index (χ4v) is 8.89. The summed E-state index contributed by atoms with van der Waals surface area (Å²) in [5.41, 5.74) is 15.7. The molecule has 6 aromatic heterocycles. The van der Waals surface area contributed by atoms with Crippen LogP contribution in [0.1, 0.15) is 0 Å². The molecule has 0 unspecified atom stereocenters. The van der Waals surface area contributed by atoms with Crippen LogP contribution in [0.4, 0.5) is 0 Å². The fourth-order valence-electron chi connectivity index (χ4n) is 8.89. The van der Waals surface area contributed by atoms with Gasteiger partial charge in [0.15, 0.2) is 0 Å². The number of benzene rings is 6. The summed E-state index contributed by atoms with van der Waals surface area (Å²) in [5, 5.41) is 7.49. The van der Waals surface area contributed by atoms with Crippen LogP contribution in [0.5, 0.6) is 0 Å². The van der Waals surface area contributed by atoms with Crippen LogP contribution in [-0.4, -0.2) is 23.9 Å². The van der Waals surface area contributed by atoms with Crippen molar-refractivity contribution >= 4 is 59.9 Å². The standard InChI is InChI=1S/C51H31N5/c1-2-8-38(9-3-1)55-49-16-14-34(36-28-43-39-10-4-6-12-47(39)56-48-13-7-5-11-40(48)44(29-36)51(43)56)26-41(49)42-27-35(15-17-50(42)55)46-31-37(32-18-22-52-23-19-32)30-45(54-46)33-20-24-53-25-21-33/h1-31H. The van der Waals surface area contributed by atoms with Crippen molar-refractivity contribution in [3.8, 4) is 50.5 Å². The van der Waals surface area contributed by atoms with Gasteiger partial charge in [-0.25, -0.2) is 4.98 Å². The molecule has 5 nitrogen and oxygen atoms in total. The molecule has 0 bridgehead atoms. The minimum absolute atomic E-state index is 0.900. The number of rotatable bonds is 5. The Balaban J connectivity index is 1.11. The highest BCUT2D eigenvalue weighted by Gasteiger charge is 2.20. The molecule has 260 valence electrons. The molecule has 0 fully saturated rings. The minimum Gasteiger partial charge on any atom is -0.309 e. The Morgan fingerprint density at radius 2 is 0.821 bits per heavy atom. The van der Waals surface area contributed by atoms with Crippen molar-refractivity contribution < 1.29 is 0 Å². The lowest BCUT2D eigenvalue weighted by molar-refractivity contribution is 1.18. The molecule has 6 heterocycles. The molecule has 12 aromatic rings. The zero-order valence-electron chi connectivity index (χ0n) is 30.1. The molecule has 0 N–H and O–H groups in total. The van der Waals surface area contributed by atoms with Crippen LogP contribution in [0.25, 0.3) is 110 Å². The normalized spacial score (nSPS) is 11.9. The molecular weight excluding hydrogens is 683 g/mol. The molecule has 0 saturated heterocycles. The Morgan fingerprint density at radius 1 is 0.321 bits per heavy atom. The van der Waals surface area contributed by atoms with Gasteiger partial charge in [-0.05, 0) is 119 Å². The van der Waals surface area contributed by atoms with E-state index in [2.05, 4.69) is 158 Å². The second kappa shape index (κ2) is 11.9. The Kier molecular flexibility index (Phi) is 6.56. The summed E-state index contributed by atoms with van der Waals surface area (Å²) in [7, 11) is 0. The largest absolute Gasteiger partial charge is 0.309 e. The van der Waals surface area contributed by atoms with Gasteiger partial charge in [-0.2, -0.15) is 0 Å². The number of hydrogen-bond donors (Lipinski definition) is 0. The zero-order chi connectivity index (χ0) is 36.7. The third kappa shape index (κ3) is 4.58. The average Bonchev–Trinajstić information content (AvgIpc) is 3.91. The van der Waals surface area contributed by atoms with Crippen LogP contribution < -0.4 is 0 Å². The van der Waals surface area contributed by atoms with E-state index >= 15 is 0 Å². The van der Waals surface area contributed by atoms with Crippen molar-refractivity contribution in [1.82, 2.24) is 23.9 Å².